The van der Waals surface area contributed by atoms with Crippen LogP contribution in [0.1, 0.15) is 24.8 Å². The standard InChI is InChI=1S/C14H20ClNOS/c1-17-13-7-6-10(8-11(13)15)9-16-12-4-3-5-14(12)18-2/h6-8,12,14,16H,3-5,9H2,1-2H3. The Bertz CT molecular complexity index is 399. The van der Waals surface area contributed by atoms with Crippen LogP contribution < -0.4 is 10.1 Å². The molecule has 1 aromatic rings. The van der Waals surface area contributed by atoms with Crippen molar-refractivity contribution in [3.8, 4) is 5.75 Å². The van der Waals surface area contributed by atoms with Crippen molar-refractivity contribution in [1.29, 1.82) is 0 Å². The molecule has 1 aliphatic carbocycles. The van der Waals surface area contributed by atoms with Crippen molar-refractivity contribution in [3.63, 3.8) is 0 Å². The zero-order chi connectivity index (χ0) is 13.0. The van der Waals surface area contributed by atoms with Crippen LogP contribution in [-0.4, -0.2) is 24.7 Å². The molecule has 0 amide bonds. The minimum Gasteiger partial charge on any atom is -0.495 e. The van der Waals surface area contributed by atoms with E-state index in [1.807, 2.05) is 23.9 Å². The number of nitrogens with one attached hydrogen (secondary N) is 1. The quantitative estimate of drug-likeness (QED) is 0.891. The molecule has 0 aliphatic heterocycles. The molecule has 0 saturated heterocycles. The van der Waals surface area contributed by atoms with Gasteiger partial charge in [0.1, 0.15) is 5.75 Å². The molecular weight excluding hydrogens is 266 g/mol. The number of methoxy groups -OCH3 is 1. The zero-order valence-corrected chi connectivity index (χ0v) is 12.5. The monoisotopic (exact) mass is 285 g/mol. The molecule has 18 heavy (non-hydrogen) atoms. The Morgan fingerprint density at radius 1 is 1.44 bits per heavy atom. The summed E-state index contributed by atoms with van der Waals surface area (Å²) >= 11 is 8.10. The summed E-state index contributed by atoms with van der Waals surface area (Å²) in [6.45, 7) is 0.880. The average Bonchev–Trinajstić information content (AvgIpc) is 2.84. The lowest BCUT2D eigenvalue weighted by Crippen LogP contribution is -2.33. The van der Waals surface area contributed by atoms with Crippen LogP contribution in [0, 0.1) is 0 Å². The summed E-state index contributed by atoms with van der Waals surface area (Å²) in [6, 6.07) is 6.62. The van der Waals surface area contributed by atoms with Crippen LogP contribution >= 0.6 is 23.4 Å². The molecule has 1 aromatic carbocycles. The second-order valence-corrected chi connectivity index (χ2v) is 6.15. The first-order chi connectivity index (χ1) is 8.74. The van der Waals surface area contributed by atoms with Crippen molar-refractivity contribution in [1.82, 2.24) is 5.32 Å². The highest BCUT2D eigenvalue weighted by Gasteiger charge is 2.25. The molecule has 2 nitrogen and oxygen atoms in total. The van der Waals surface area contributed by atoms with E-state index in [0.717, 1.165) is 17.5 Å². The molecule has 1 N–H and O–H groups in total. The number of rotatable bonds is 5. The summed E-state index contributed by atoms with van der Waals surface area (Å²) in [7, 11) is 1.64. The summed E-state index contributed by atoms with van der Waals surface area (Å²) in [5.74, 6) is 0.739. The van der Waals surface area contributed by atoms with E-state index in [1.54, 1.807) is 7.11 Å². The van der Waals surface area contributed by atoms with E-state index in [0.29, 0.717) is 11.1 Å². The van der Waals surface area contributed by atoms with Crippen molar-refractivity contribution in [2.45, 2.75) is 37.1 Å². The lowest BCUT2D eigenvalue weighted by Gasteiger charge is -2.19. The molecule has 0 aromatic heterocycles. The van der Waals surface area contributed by atoms with Crippen LogP contribution in [0.5, 0.6) is 5.75 Å². The van der Waals surface area contributed by atoms with Crippen LogP contribution in [0.3, 0.4) is 0 Å². The van der Waals surface area contributed by atoms with E-state index in [-0.39, 0.29) is 0 Å². The van der Waals surface area contributed by atoms with E-state index in [9.17, 15) is 0 Å². The number of benzene rings is 1. The highest BCUT2D eigenvalue weighted by Crippen LogP contribution is 2.29. The number of ether oxygens (including phenoxy) is 1. The predicted molar refractivity (Wildman–Crippen MR) is 79.8 cm³/mol. The maximum Gasteiger partial charge on any atom is 0.137 e. The SMILES string of the molecule is COc1ccc(CNC2CCCC2SC)cc1Cl. The Kier molecular flexibility index (Phi) is 5.22. The molecule has 100 valence electrons. The fraction of sp³-hybridized carbons (Fsp3) is 0.571. The molecule has 0 spiro atoms. The molecule has 0 heterocycles. The molecule has 1 saturated carbocycles. The number of halogens is 1. The molecule has 0 radical (unpaired) electrons. The van der Waals surface area contributed by atoms with Gasteiger partial charge in [0.2, 0.25) is 0 Å². The first-order valence-corrected chi connectivity index (χ1v) is 7.99. The largest absolute Gasteiger partial charge is 0.495 e. The van der Waals surface area contributed by atoms with Gasteiger partial charge in [-0.2, -0.15) is 11.8 Å². The van der Waals surface area contributed by atoms with Crippen molar-refractivity contribution < 1.29 is 4.74 Å². The van der Waals surface area contributed by atoms with E-state index in [2.05, 4.69) is 17.6 Å². The molecule has 2 unspecified atom stereocenters. The van der Waals surface area contributed by atoms with Gasteiger partial charge in [-0.05, 0) is 36.8 Å². The maximum atomic E-state index is 6.12. The summed E-state index contributed by atoms with van der Waals surface area (Å²) in [5, 5.41) is 5.09. The second-order valence-electron chi connectivity index (χ2n) is 4.66. The summed E-state index contributed by atoms with van der Waals surface area (Å²) in [5.41, 5.74) is 1.22. The van der Waals surface area contributed by atoms with Gasteiger partial charge in [0, 0.05) is 17.8 Å². The molecule has 1 aliphatic rings. The zero-order valence-electron chi connectivity index (χ0n) is 10.9. The van der Waals surface area contributed by atoms with E-state index in [1.165, 1.54) is 24.8 Å². The fourth-order valence-electron chi connectivity index (χ4n) is 2.51. The summed E-state index contributed by atoms with van der Waals surface area (Å²) in [4.78, 5) is 0. The Morgan fingerprint density at radius 3 is 2.94 bits per heavy atom. The average molecular weight is 286 g/mol. The summed E-state index contributed by atoms with van der Waals surface area (Å²) < 4.78 is 5.16. The predicted octanol–water partition coefficient (Wildman–Crippen LogP) is 3.72. The van der Waals surface area contributed by atoms with Crippen molar-refractivity contribution in [2.75, 3.05) is 13.4 Å². The Hall–Kier alpha value is -0.380. The normalized spacial score (nSPS) is 23.3. The van der Waals surface area contributed by atoms with Crippen LogP contribution in [0.4, 0.5) is 0 Å². The van der Waals surface area contributed by atoms with Gasteiger partial charge < -0.3 is 10.1 Å². The van der Waals surface area contributed by atoms with Crippen molar-refractivity contribution in [2.24, 2.45) is 0 Å². The van der Waals surface area contributed by atoms with Gasteiger partial charge in [-0.3, -0.25) is 0 Å². The Balaban J connectivity index is 1.92. The maximum absolute atomic E-state index is 6.12. The van der Waals surface area contributed by atoms with Crippen LogP contribution in [0.25, 0.3) is 0 Å². The first-order valence-electron chi connectivity index (χ1n) is 6.33. The van der Waals surface area contributed by atoms with Gasteiger partial charge in [-0.1, -0.05) is 24.1 Å². The molecule has 2 rings (SSSR count). The lowest BCUT2D eigenvalue weighted by atomic mass is 10.2. The van der Waals surface area contributed by atoms with Gasteiger partial charge in [-0.25, -0.2) is 0 Å². The third-order valence-electron chi connectivity index (χ3n) is 3.54. The fourth-order valence-corrected chi connectivity index (χ4v) is 3.75. The topological polar surface area (TPSA) is 21.3 Å². The van der Waals surface area contributed by atoms with Crippen molar-refractivity contribution in [3.05, 3.63) is 28.8 Å². The lowest BCUT2D eigenvalue weighted by molar-refractivity contribution is 0.414. The minimum atomic E-state index is 0.640. The molecule has 1 fully saturated rings. The van der Waals surface area contributed by atoms with Crippen LogP contribution in [0.15, 0.2) is 18.2 Å². The third-order valence-corrected chi connectivity index (χ3v) is 5.00. The van der Waals surface area contributed by atoms with Gasteiger partial charge in [-0.15, -0.1) is 0 Å². The van der Waals surface area contributed by atoms with Gasteiger partial charge in [0.15, 0.2) is 0 Å². The molecule has 2 atom stereocenters. The number of hydrogen-bond acceptors (Lipinski definition) is 3. The molecular formula is C14H20ClNOS. The van der Waals surface area contributed by atoms with E-state index < -0.39 is 0 Å². The van der Waals surface area contributed by atoms with E-state index in [4.69, 9.17) is 16.3 Å². The number of thioether (sulfide) groups is 1. The second kappa shape index (κ2) is 6.69. The Labute approximate surface area is 118 Å². The van der Waals surface area contributed by atoms with Crippen LogP contribution in [0.2, 0.25) is 5.02 Å². The van der Waals surface area contributed by atoms with Gasteiger partial charge in [0.25, 0.3) is 0 Å². The minimum absolute atomic E-state index is 0.640. The smallest absolute Gasteiger partial charge is 0.137 e. The number of hydrogen-bond donors (Lipinski definition) is 1. The molecule has 0 bridgehead atoms. The first kappa shape index (κ1) is 14.0. The Morgan fingerprint density at radius 2 is 2.28 bits per heavy atom. The highest BCUT2D eigenvalue weighted by molar-refractivity contribution is 7.99. The highest BCUT2D eigenvalue weighted by atomic mass is 35.5. The van der Waals surface area contributed by atoms with Crippen LogP contribution in [-0.2, 0) is 6.54 Å². The van der Waals surface area contributed by atoms with Gasteiger partial charge in [0.05, 0.1) is 12.1 Å². The van der Waals surface area contributed by atoms with Crippen molar-refractivity contribution >= 4 is 23.4 Å². The summed E-state index contributed by atoms with van der Waals surface area (Å²) in [6.07, 6.45) is 6.17. The van der Waals surface area contributed by atoms with E-state index >= 15 is 0 Å². The third kappa shape index (κ3) is 3.34. The van der Waals surface area contributed by atoms with Gasteiger partial charge >= 0.3 is 0 Å². The molecule has 4 heteroatoms.